The summed E-state index contributed by atoms with van der Waals surface area (Å²) in [5.74, 6) is 0. The van der Waals surface area contributed by atoms with Gasteiger partial charge in [0.1, 0.15) is 0 Å². The minimum Gasteiger partial charge on any atom is -0.387 e. The van der Waals surface area contributed by atoms with Gasteiger partial charge in [-0.2, -0.15) is 0 Å². The van der Waals surface area contributed by atoms with Crippen LogP contribution in [0.5, 0.6) is 0 Å². The molecule has 0 saturated carbocycles. The number of benzene rings is 3. The molecule has 0 heterocycles. The van der Waals surface area contributed by atoms with Gasteiger partial charge in [-0.25, -0.2) is 0 Å². The van der Waals surface area contributed by atoms with Crippen molar-refractivity contribution in [2.75, 3.05) is 13.6 Å². The maximum absolute atomic E-state index is 9.20. The number of hydrogen-bond donors (Lipinski definition) is 4. The molecule has 0 aromatic heterocycles. The van der Waals surface area contributed by atoms with Crippen molar-refractivity contribution in [3.05, 3.63) is 108 Å². The Morgan fingerprint density at radius 1 is 0.786 bits per heavy atom. The molecular weight excluding hydrogens is 346 g/mol. The van der Waals surface area contributed by atoms with Crippen molar-refractivity contribution in [2.24, 2.45) is 11.5 Å². The summed E-state index contributed by atoms with van der Waals surface area (Å²) in [5, 5.41) is 12.3. The van der Waals surface area contributed by atoms with Crippen molar-refractivity contribution in [2.45, 2.75) is 25.6 Å². The third-order valence-corrected chi connectivity index (χ3v) is 3.96. The van der Waals surface area contributed by atoms with E-state index in [4.69, 9.17) is 11.5 Å². The predicted molar refractivity (Wildman–Crippen MR) is 119 cm³/mol. The van der Waals surface area contributed by atoms with Gasteiger partial charge in [0.05, 0.1) is 6.10 Å². The van der Waals surface area contributed by atoms with Gasteiger partial charge in [-0.3, -0.25) is 0 Å². The van der Waals surface area contributed by atoms with Crippen molar-refractivity contribution in [3.8, 4) is 0 Å². The molecule has 0 bridgehead atoms. The smallest absolute Gasteiger partial charge is 0.0912 e. The van der Waals surface area contributed by atoms with Crippen LogP contribution < -0.4 is 16.8 Å². The lowest BCUT2D eigenvalue weighted by molar-refractivity contribution is 0.187. The van der Waals surface area contributed by atoms with Gasteiger partial charge in [-0.05, 0) is 30.7 Å². The molecule has 4 heteroatoms. The van der Waals surface area contributed by atoms with Crippen molar-refractivity contribution in [1.82, 2.24) is 5.32 Å². The first-order chi connectivity index (χ1) is 13.6. The summed E-state index contributed by atoms with van der Waals surface area (Å²) in [4.78, 5) is 0. The van der Waals surface area contributed by atoms with Crippen LogP contribution in [-0.2, 0) is 6.54 Å². The molecule has 150 valence electrons. The van der Waals surface area contributed by atoms with Gasteiger partial charge in [-0.15, -0.1) is 0 Å². The summed E-state index contributed by atoms with van der Waals surface area (Å²) in [6.45, 7) is 3.22. The number of hydrogen-bond acceptors (Lipinski definition) is 4. The van der Waals surface area contributed by atoms with Gasteiger partial charge in [0, 0.05) is 19.1 Å². The maximum Gasteiger partial charge on any atom is 0.0912 e. The van der Waals surface area contributed by atoms with Crippen molar-refractivity contribution >= 4 is 0 Å². The Kier molecular flexibility index (Phi) is 12.2. The molecule has 3 aromatic rings. The Bertz CT molecular complexity index is 719. The van der Waals surface area contributed by atoms with Crippen LogP contribution >= 0.6 is 0 Å². The van der Waals surface area contributed by atoms with E-state index in [1.165, 1.54) is 11.1 Å². The monoisotopic (exact) mass is 379 g/mol. The SMILES string of the molecule is CC(N)c1ccccc1.CNCc1ccccc1.NCC(O)c1ccccc1. The highest BCUT2D eigenvalue weighted by atomic mass is 16.3. The predicted octanol–water partition coefficient (Wildman–Crippen LogP) is 3.79. The summed E-state index contributed by atoms with van der Waals surface area (Å²) in [6, 6.07) is 29.9. The normalized spacial score (nSPS) is 11.9. The van der Waals surface area contributed by atoms with E-state index < -0.39 is 6.10 Å². The molecule has 0 aliphatic heterocycles. The van der Waals surface area contributed by atoms with Gasteiger partial charge >= 0.3 is 0 Å². The molecule has 0 spiro atoms. The molecule has 0 radical (unpaired) electrons. The Morgan fingerprint density at radius 3 is 1.57 bits per heavy atom. The Hall–Kier alpha value is -2.50. The topological polar surface area (TPSA) is 84.3 Å². The molecule has 0 fully saturated rings. The third kappa shape index (κ3) is 10.00. The van der Waals surface area contributed by atoms with Crippen LogP contribution in [0.2, 0.25) is 0 Å². The third-order valence-electron chi connectivity index (χ3n) is 3.96. The van der Waals surface area contributed by atoms with Crippen LogP contribution in [0.3, 0.4) is 0 Å². The highest BCUT2D eigenvalue weighted by Crippen LogP contribution is 2.09. The van der Waals surface area contributed by atoms with Crippen LogP contribution in [-0.4, -0.2) is 18.7 Å². The molecule has 0 amide bonds. The molecule has 2 unspecified atom stereocenters. The van der Waals surface area contributed by atoms with Crippen LogP contribution in [0, 0.1) is 0 Å². The molecule has 6 N–H and O–H groups in total. The lowest BCUT2D eigenvalue weighted by Gasteiger charge is -2.05. The molecule has 0 saturated heterocycles. The van der Waals surface area contributed by atoms with Gasteiger partial charge in [0.15, 0.2) is 0 Å². The zero-order chi connectivity index (χ0) is 20.6. The number of rotatable bonds is 5. The molecule has 0 aliphatic carbocycles. The van der Waals surface area contributed by atoms with Crippen LogP contribution in [0.1, 0.15) is 35.8 Å². The van der Waals surface area contributed by atoms with Gasteiger partial charge in [0.25, 0.3) is 0 Å². The van der Waals surface area contributed by atoms with E-state index in [1.54, 1.807) is 0 Å². The van der Waals surface area contributed by atoms with E-state index in [0.717, 1.165) is 12.1 Å². The molecule has 0 aliphatic rings. The van der Waals surface area contributed by atoms with E-state index in [1.807, 2.05) is 92.8 Å². The van der Waals surface area contributed by atoms with E-state index in [9.17, 15) is 5.11 Å². The zero-order valence-electron chi connectivity index (χ0n) is 16.8. The quantitative estimate of drug-likeness (QED) is 0.543. The summed E-state index contributed by atoms with van der Waals surface area (Å²) in [7, 11) is 1.95. The second-order valence-electron chi connectivity index (χ2n) is 6.38. The van der Waals surface area contributed by atoms with E-state index in [0.29, 0.717) is 0 Å². The first-order valence-electron chi connectivity index (χ1n) is 9.50. The van der Waals surface area contributed by atoms with Gasteiger partial charge in [0.2, 0.25) is 0 Å². The largest absolute Gasteiger partial charge is 0.387 e. The van der Waals surface area contributed by atoms with E-state index >= 15 is 0 Å². The van der Waals surface area contributed by atoms with Crippen molar-refractivity contribution < 1.29 is 5.11 Å². The number of nitrogens with one attached hydrogen (secondary N) is 1. The average Bonchev–Trinajstić information content (AvgIpc) is 2.76. The molecule has 2 atom stereocenters. The zero-order valence-corrected chi connectivity index (χ0v) is 16.8. The fourth-order valence-electron chi connectivity index (χ4n) is 2.37. The number of aliphatic hydroxyl groups excluding tert-OH is 1. The fourth-order valence-corrected chi connectivity index (χ4v) is 2.37. The number of nitrogens with two attached hydrogens (primary N) is 2. The van der Waals surface area contributed by atoms with Crippen molar-refractivity contribution in [3.63, 3.8) is 0 Å². The standard InChI is InChI=1S/C8H11NO.2C8H11N/c9-6-8(10)7-4-2-1-3-5-7;1-9-7-8-5-3-2-4-6-8;1-7(9)8-5-3-2-4-6-8/h1-5,8,10H,6,9H2;2-6,9H,7H2,1H3;2-7H,9H2,1H3. The van der Waals surface area contributed by atoms with Gasteiger partial charge < -0.3 is 21.9 Å². The molecule has 28 heavy (non-hydrogen) atoms. The molecule has 3 rings (SSSR count). The molecule has 4 nitrogen and oxygen atoms in total. The summed E-state index contributed by atoms with van der Waals surface area (Å²) >= 11 is 0. The number of aliphatic hydroxyl groups is 1. The minimum atomic E-state index is -0.513. The van der Waals surface area contributed by atoms with Gasteiger partial charge in [-0.1, -0.05) is 91.0 Å². The average molecular weight is 380 g/mol. The molecular formula is C24H33N3O. The first kappa shape index (κ1) is 23.5. The van der Waals surface area contributed by atoms with Crippen LogP contribution in [0.4, 0.5) is 0 Å². The fraction of sp³-hybridized carbons (Fsp3) is 0.250. The summed E-state index contributed by atoms with van der Waals surface area (Å²) in [5.41, 5.74) is 14.3. The van der Waals surface area contributed by atoms with Crippen LogP contribution in [0.25, 0.3) is 0 Å². The summed E-state index contributed by atoms with van der Waals surface area (Å²) < 4.78 is 0. The maximum atomic E-state index is 9.20. The Labute approximate surface area is 169 Å². The second kappa shape index (κ2) is 14.5. The minimum absolute atomic E-state index is 0.159. The second-order valence-corrected chi connectivity index (χ2v) is 6.38. The Morgan fingerprint density at radius 2 is 1.21 bits per heavy atom. The van der Waals surface area contributed by atoms with Crippen molar-refractivity contribution in [1.29, 1.82) is 0 Å². The summed E-state index contributed by atoms with van der Waals surface area (Å²) in [6.07, 6.45) is -0.513. The van der Waals surface area contributed by atoms with E-state index in [-0.39, 0.29) is 12.6 Å². The lowest BCUT2D eigenvalue weighted by Crippen LogP contribution is -2.10. The van der Waals surface area contributed by atoms with E-state index in [2.05, 4.69) is 17.4 Å². The van der Waals surface area contributed by atoms with Crippen LogP contribution in [0.15, 0.2) is 91.0 Å². The highest BCUT2D eigenvalue weighted by molar-refractivity contribution is 5.18. The Balaban J connectivity index is 0.000000210. The molecule has 3 aromatic carbocycles. The lowest BCUT2D eigenvalue weighted by atomic mass is 10.1. The first-order valence-corrected chi connectivity index (χ1v) is 9.50. The highest BCUT2D eigenvalue weighted by Gasteiger charge is 2.01.